The summed E-state index contributed by atoms with van der Waals surface area (Å²) in [6, 6.07) is 33.1. The number of aromatic nitrogens is 3. The van der Waals surface area contributed by atoms with Crippen molar-refractivity contribution in [1.29, 1.82) is 0 Å². The highest BCUT2D eigenvalue weighted by atomic mass is 32.2. The number of anilines is 2. The molecule has 0 radical (unpaired) electrons. The van der Waals surface area contributed by atoms with E-state index in [1.54, 1.807) is 0 Å². The van der Waals surface area contributed by atoms with Crippen LogP contribution >= 0.6 is 11.8 Å². The van der Waals surface area contributed by atoms with Crippen LogP contribution in [0.4, 0.5) is 11.4 Å². The molecule has 0 saturated heterocycles. The Labute approximate surface area is 250 Å². The second-order valence-corrected chi connectivity index (χ2v) is 11.9. The highest BCUT2D eigenvalue weighted by Crippen LogP contribution is 2.26. The van der Waals surface area contributed by atoms with Gasteiger partial charge < -0.3 is 15.2 Å². The summed E-state index contributed by atoms with van der Waals surface area (Å²) in [5.74, 6) is 0.592. The van der Waals surface area contributed by atoms with E-state index in [2.05, 4.69) is 53.7 Å². The average Bonchev–Trinajstić information content (AvgIpc) is 3.36. The molecule has 5 aromatic rings. The highest BCUT2D eigenvalue weighted by molar-refractivity contribution is 7.99. The lowest BCUT2D eigenvalue weighted by Crippen LogP contribution is -2.14. The van der Waals surface area contributed by atoms with E-state index >= 15 is 0 Å². The number of amides is 2. The number of hydrogen-bond donors (Lipinski definition) is 2. The van der Waals surface area contributed by atoms with E-state index in [1.807, 2.05) is 103 Å². The molecular weight excluding hydrogens is 542 g/mol. The van der Waals surface area contributed by atoms with Gasteiger partial charge in [0, 0.05) is 29.5 Å². The lowest BCUT2D eigenvalue weighted by molar-refractivity contribution is -0.113. The van der Waals surface area contributed by atoms with Crippen LogP contribution in [0.25, 0.3) is 22.5 Å². The fraction of sp³-hybridized carbons (Fsp3) is 0.176. The van der Waals surface area contributed by atoms with Gasteiger partial charge in [-0.2, -0.15) is 0 Å². The predicted octanol–water partition coefficient (Wildman–Crippen LogP) is 7.43. The summed E-state index contributed by atoms with van der Waals surface area (Å²) < 4.78 is 1.86. The minimum atomic E-state index is -0.161. The van der Waals surface area contributed by atoms with E-state index in [-0.39, 0.29) is 23.0 Å². The summed E-state index contributed by atoms with van der Waals surface area (Å²) in [4.78, 5) is 25.3. The zero-order valence-electron chi connectivity index (χ0n) is 24.1. The average molecular weight is 576 g/mol. The summed E-state index contributed by atoms with van der Waals surface area (Å²) in [5, 5.41) is 15.1. The van der Waals surface area contributed by atoms with Gasteiger partial charge in [-0.3, -0.25) is 9.59 Å². The van der Waals surface area contributed by atoms with Crippen molar-refractivity contribution in [3.8, 4) is 22.5 Å². The zero-order valence-corrected chi connectivity index (χ0v) is 24.9. The van der Waals surface area contributed by atoms with Crippen LogP contribution < -0.4 is 10.6 Å². The summed E-state index contributed by atoms with van der Waals surface area (Å²) in [5.41, 5.74) is 6.33. The van der Waals surface area contributed by atoms with Gasteiger partial charge in [0.05, 0.1) is 5.75 Å². The molecule has 0 aliphatic carbocycles. The quantitative estimate of drug-likeness (QED) is 0.188. The van der Waals surface area contributed by atoms with Gasteiger partial charge in [-0.15, -0.1) is 10.2 Å². The maximum atomic E-state index is 12.7. The van der Waals surface area contributed by atoms with Gasteiger partial charge in [0.25, 0.3) is 5.91 Å². The lowest BCUT2D eigenvalue weighted by Gasteiger charge is -2.19. The number of thioether (sulfide) groups is 1. The Morgan fingerprint density at radius 1 is 0.714 bits per heavy atom. The second kappa shape index (κ2) is 12.4. The molecule has 8 heteroatoms. The van der Waals surface area contributed by atoms with E-state index in [1.165, 1.54) is 17.3 Å². The van der Waals surface area contributed by atoms with E-state index in [9.17, 15) is 9.59 Å². The smallest absolute Gasteiger partial charge is 0.255 e. The van der Waals surface area contributed by atoms with Crippen LogP contribution in [0.1, 0.15) is 36.7 Å². The molecule has 0 fully saturated rings. The molecule has 0 bridgehead atoms. The van der Waals surface area contributed by atoms with Crippen molar-refractivity contribution in [3.05, 3.63) is 114 Å². The molecular formula is C34H33N5O2S. The first-order chi connectivity index (χ1) is 20.2. The van der Waals surface area contributed by atoms with Crippen LogP contribution in [0.5, 0.6) is 0 Å². The molecule has 5 rings (SSSR count). The molecule has 1 aromatic heterocycles. The topological polar surface area (TPSA) is 88.9 Å². The molecule has 0 spiro atoms. The second-order valence-electron chi connectivity index (χ2n) is 11.0. The van der Waals surface area contributed by atoms with E-state index < -0.39 is 0 Å². The molecule has 2 amide bonds. The molecule has 0 atom stereocenters. The van der Waals surface area contributed by atoms with Crippen LogP contribution in [0.2, 0.25) is 0 Å². The van der Waals surface area contributed by atoms with Gasteiger partial charge >= 0.3 is 0 Å². The highest BCUT2D eigenvalue weighted by Gasteiger charge is 2.16. The van der Waals surface area contributed by atoms with Gasteiger partial charge in [0.15, 0.2) is 11.0 Å². The molecule has 0 unspecified atom stereocenters. The molecule has 0 saturated carbocycles. The van der Waals surface area contributed by atoms with E-state index in [4.69, 9.17) is 0 Å². The number of carbonyl (C=O) groups excluding carboxylic acids is 2. The third-order valence-electron chi connectivity index (χ3n) is 6.86. The minimum Gasteiger partial charge on any atom is -0.325 e. The fourth-order valence-corrected chi connectivity index (χ4v) is 5.13. The Kier molecular flexibility index (Phi) is 8.54. The van der Waals surface area contributed by atoms with Crippen LogP contribution in [0.3, 0.4) is 0 Å². The van der Waals surface area contributed by atoms with Gasteiger partial charge in [-0.1, -0.05) is 87.1 Å². The monoisotopic (exact) mass is 575 g/mol. The largest absolute Gasteiger partial charge is 0.325 e. The number of nitrogens with zero attached hydrogens (tertiary/aromatic N) is 3. The standard InChI is InChI=1S/C34H33N5O2S/c1-34(2,3)27-16-10-26(11-17-27)32(41)36-29-20-14-25(15-21-29)31-37-38-33(39(31)4)42-22-30(40)35-28-18-12-24(13-19-28)23-8-6-5-7-9-23/h5-21H,22H2,1-4H3,(H,35,40)(H,36,41). The Hall–Kier alpha value is -4.69. The van der Waals surface area contributed by atoms with E-state index in [0.717, 1.165) is 22.4 Å². The summed E-state index contributed by atoms with van der Waals surface area (Å²) in [6.07, 6.45) is 0. The van der Waals surface area contributed by atoms with Crippen LogP contribution in [0, 0.1) is 0 Å². The number of rotatable bonds is 8. The number of benzene rings is 4. The van der Waals surface area contributed by atoms with E-state index in [0.29, 0.717) is 22.2 Å². The molecule has 0 aliphatic heterocycles. The Balaban J connectivity index is 1.15. The van der Waals surface area contributed by atoms with Crippen molar-refractivity contribution in [2.45, 2.75) is 31.3 Å². The minimum absolute atomic E-state index is 0.0331. The van der Waals surface area contributed by atoms with Crippen LogP contribution in [-0.2, 0) is 17.3 Å². The van der Waals surface area contributed by atoms with Crippen molar-refractivity contribution >= 4 is 35.0 Å². The van der Waals surface area contributed by atoms with Crippen molar-refractivity contribution in [2.75, 3.05) is 16.4 Å². The Morgan fingerprint density at radius 2 is 1.29 bits per heavy atom. The summed E-state index contributed by atoms with van der Waals surface area (Å²) in [6.45, 7) is 6.44. The fourth-order valence-electron chi connectivity index (χ4n) is 4.42. The Bertz CT molecular complexity index is 1670. The van der Waals surface area contributed by atoms with Crippen molar-refractivity contribution in [2.24, 2.45) is 7.05 Å². The van der Waals surface area contributed by atoms with Gasteiger partial charge in [-0.25, -0.2) is 0 Å². The van der Waals surface area contributed by atoms with Crippen molar-refractivity contribution in [3.63, 3.8) is 0 Å². The molecule has 7 nitrogen and oxygen atoms in total. The molecule has 4 aromatic carbocycles. The van der Waals surface area contributed by atoms with Crippen molar-refractivity contribution in [1.82, 2.24) is 14.8 Å². The zero-order chi connectivity index (χ0) is 29.7. The number of carbonyl (C=O) groups is 2. The third kappa shape index (κ3) is 6.95. The normalized spacial score (nSPS) is 11.2. The molecule has 212 valence electrons. The van der Waals surface area contributed by atoms with Gasteiger partial charge in [-0.05, 0) is 70.6 Å². The maximum Gasteiger partial charge on any atom is 0.255 e. The summed E-state index contributed by atoms with van der Waals surface area (Å²) >= 11 is 1.32. The summed E-state index contributed by atoms with van der Waals surface area (Å²) in [7, 11) is 1.87. The molecule has 42 heavy (non-hydrogen) atoms. The third-order valence-corrected chi connectivity index (χ3v) is 7.88. The maximum absolute atomic E-state index is 12.7. The van der Waals surface area contributed by atoms with Crippen LogP contribution in [0.15, 0.2) is 108 Å². The van der Waals surface area contributed by atoms with Crippen molar-refractivity contribution < 1.29 is 9.59 Å². The number of hydrogen-bond acceptors (Lipinski definition) is 5. The van der Waals surface area contributed by atoms with Crippen LogP contribution in [-0.4, -0.2) is 32.3 Å². The first-order valence-corrected chi connectivity index (χ1v) is 14.7. The predicted molar refractivity (Wildman–Crippen MR) is 171 cm³/mol. The first kappa shape index (κ1) is 28.8. The lowest BCUT2D eigenvalue weighted by atomic mass is 9.87. The molecule has 1 heterocycles. The molecule has 2 N–H and O–H groups in total. The molecule has 0 aliphatic rings. The number of nitrogens with one attached hydrogen (secondary N) is 2. The first-order valence-electron chi connectivity index (χ1n) is 13.7. The SMILES string of the molecule is Cn1c(SCC(=O)Nc2ccc(-c3ccccc3)cc2)nnc1-c1ccc(NC(=O)c2ccc(C(C)(C)C)cc2)cc1. The van der Waals surface area contributed by atoms with Gasteiger partial charge in [0.2, 0.25) is 5.91 Å². The van der Waals surface area contributed by atoms with Gasteiger partial charge in [0.1, 0.15) is 0 Å². The Morgan fingerprint density at radius 3 is 1.90 bits per heavy atom.